The zero-order valence-electron chi connectivity index (χ0n) is 11.2. The fourth-order valence-electron chi connectivity index (χ4n) is 2.42. The Morgan fingerprint density at radius 2 is 2.26 bits per heavy atom. The average Bonchev–Trinajstić information content (AvgIpc) is 2.40. The molecule has 0 spiro atoms. The van der Waals surface area contributed by atoms with Crippen molar-refractivity contribution in [1.29, 1.82) is 0 Å². The molecule has 19 heavy (non-hydrogen) atoms. The van der Waals surface area contributed by atoms with Crippen molar-refractivity contribution in [2.45, 2.75) is 38.7 Å². The van der Waals surface area contributed by atoms with E-state index < -0.39 is 5.82 Å². The summed E-state index contributed by atoms with van der Waals surface area (Å²) < 4.78 is 13.6. The van der Waals surface area contributed by atoms with Crippen LogP contribution in [0.25, 0.3) is 0 Å². The Bertz CT molecular complexity index is 416. The van der Waals surface area contributed by atoms with Crippen LogP contribution in [0.2, 0.25) is 0 Å². The molecule has 6 heteroatoms. The van der Waals surface area contributed by atoms with Crippen molar-refractivity contribution in [3.8, 4) is 0 Å². The third kappa shape index (κ3) is 4.02. The van der Waals surface area contributed by atoms with E-state index in [1.807, 2.05) is 6.92 Å². The van der Waals surface area contributed by atoms with Crippen LogP contribution in [0.4, 0.5) is 16.2 Å². The number of aliphatic hydroxyl groups excluding tert-OH is 1. The molecule has 2 rings (SSSR count). The van der Waals surface area contributed by atoms with Gasteiger partial charge in [0, 0.05) is 13.1 Å². The summed E-state index contributed by atoms with van der Waals surface area (Å²) in [6, 6.07) is 0. The van der Waals surface area contributed by atoms with Crippen LogP contribution in [-0.4, -0.2) is 34.3 Å². The first-order valence-electron chi connectivity index (χ1n) is 6.87. The van der Waals surface area contributed by atoms with Crippen LogP contribution in [0.15, 0.2) is 6.20 Å². The number of anilines is 2. The molecular formula is C13H21FN4O. The zero-order valence-corrected chi connectivity index (χ0v) is 11.2. The molecule has 1 aliphatic rings. The third-order valence-corrected chi connectivity index (χ3v) is 3.39. The normalized spacial score (nSPS) is 23.1. The lowest BCUT2D eigenvalue weighted by molar-refractivity contribution is 0.104. The van der Waals surface area contributed by atoms with E-state index in [-0.39, 0.29) is 11.9 Å². The lowest BCUT2D eigenvalue weighted by atomic mass is 9.87. The minimum absolute atomic E-state index is 0.215. The van der Waals surface area contributed by atoms with E-state index in [0.717, 1.165) is 25.7 Å². The van der Waals surface area contributed by atoms with Crippen LogP contribution < -0.4 is 10.6 Å². The van der Waals surface area contributed by atoms with Gasteiger partial charge in [0.1, 0.15) is 0 Å². The molecule has 5 nitrogen and oxygen atoms in total. The largest absolute Gasteiger partial charge is 0.393 e. The Morgan fingerprint density at radius 1 is 1.42 bits per heavy atom. The molecule has 1 saturated carbocycles. The van der Waals surface area contributed by atoms with E-state index in [1.54, 1.807) is 0 Å². The van der Waals surface area contributed by atoms with Gasteiger partial charge in [0.05, 0.1) is 12.3 Å². The summed E-state index contributed by atoms with van der Waals surface area (Å²) in [5, 5.41) is 15.6. The van der Waals surface area contributed by atoms with Crippen molar-refractivity contribution in [3.05, 3.63) is 12.0 Å². The van der Waals surface area contributed by atoms with E-state index in [4.69, 9.17) is 0 Å². The number of halogens is 1. The molecule has 0 saturated heterocycles. The van der Waals surface area contributed by atoms with Crippen LogP contribution >= 0.6 is 0 Å². The highest BCUT2D eigenvalue weighted by Crippen LogP contribution is 2.24. The maximum atomic E-state index is 13.6. The SMILES string of the molecule is CCNc1ncc(F)c(NCC2CCCC(O)C2)n1. The molecule has 1 aromatic rings. The maximum Gasteiger partial charge on any atom is 0.224 e. The molecule has 2 atom stereocenters. The van der Waals surface area contributed by atoms with E-state index >= 15 is 0 Å². The minimum atomic E-state index is -0.446. The number of rotatable bonds is 5. The first-order chi connectivity index (χ1) is 9.19. The van der Waals surface area contributed by atoms with Crippen LogP contribution in [0.5, 0.6) is 0 Å². The van der Waals surface area contributed by atoms with Crippen molar-refractivity contribution in [2.24, 2.45) is 5.92 Å². The summed E-state index contributed by atoms with van der Waals surface area (Å²) in [6.45, 7) is 3.26. The fraction of sp³-hybridized carbons (Fsp3) is 0.692. The lowest BCUT2D eigenvalue weighted by Gasteiger charge is -2.26. The van der Waals surface area contributed by atoms with E-state index in [1.165, 1.54) is 6.20 Å². The summed E-state index contributed by atoms with van der Waals surface area (Å²) in [5.41, 5.74) is 0. The number of nitrogens with one attached hydrogen (secondary N) is 2. The van der Waals surface area contributed by atoms with Gasteiger partial charge >= 0.3 is 0 Å². The molecule has 1 aliphatic carbocycles. The molecule has 1 fully saturated rings. The van der Waals surface area contributed by atoms with Gasteiger partial charge in [0.2, 0.25) is 5.95 Å². The van der Waals surface area contributed by atoms with E-state index in [9.17, 15) is 9.50 Å². The summed E-state index contributed by atoms with van der Waals surface area (Å²) in [6.07, 6.45) is 4.71. The average molecular weight is 268 g/mol. The van der Waals surface area contributed by atoms with Gasteiger partial charge in [-0.15, -0.1) is 0 Å². The van der Waals surface area contributed by atoms with Gasteiger partial charge in [0.15, 0.2) is 11.6 Å². The predicted molar refractivity (Wildman–Crippen MR) is 72.6 cm³/mol. The number of nitrogens with zero attached hydrogens (tertiary/aromatic N) is 2. The molecule has 0 radical (unpaired) electrons. The molecule has 0 aliphatic heterocycles. The van der Waals surface area contributed by atoms with Crippen LogP contribution in [0.3, 0.4) is 0 Å². The molecular weight excluding hydrogens is 247 g/mol. The van der Waals surface area contributed by atoms with E-state index in [2.05, 4.69) is 20.6 Å². The second kappa shape index (κ2) is 6.65. The second-order valence-corrected chi connectivity index (χ2v) is 4.99. The zero-order chi connectivity index (χ0) is 13.7. The van der Waals surface area contributed by atoms with Gasteiger partial charge in [-0.25, -0.2) is 9.37 Å². The monoisotopic (exact) mass is 268 g/mol. The van der Waals surface area contributed by atoms with Crippen LogP contribution in [0.1, 0.15) is 32.6 Å². The van der Waals surface area contributed by atoms with Crippen molar-refractivity contribution in [3.63, 3.8) is 0 Å². The summed E-state index contributed by atoms with van der Waals surface area (Å²) in [4.78, 5) is 7.95. The Hall–Kier alpha value is -1.43. The first kappa shape index (κ1) is 14.0. The summed E-state index contributed by atoms with van der Waals surface area (Å²) >= 11 is 0. The number of aliphatic hydroxyl groups is 1. The topological polar surface area (TPSA) is 70.1 Å². The fourth-order valence-corrected chi connectivity index (χ4v) is 2.42. The Morgan fingerprint density at radius 3 is 3.00 bits per heavy atom. The van der Waals surface area contributed by atoms with Crippen molar-refractivity contribution in [2.75, 3.05) is 23.7 Å². The van der Waals surface area contributed by atoms with Crippen molar-refractivity contribution < 1.29 is 9.50 Å². The Labute approximate surface area is 112 Å². The highest BCUT2D eigenvalue weighted by atomic mass is 19.1. The summed E-state index contributed by atoms with van der Waals surface area (Å²) in [7, 11) is 0. The Balaban J connectivity index is 1.92. The first-order valence-corrected chi connectivity index (χ1v) is 6.87. The van der Waals surface area contributed by atoms with Gasteiger partial charge in [-0.1, -0.05) is 6.42 Å². The predicted octanol–water partition coefficient (Wildman–Crippen LogP) is 2.01. The van der Waals surface area contributed by atoms with Crippen molar-refractivity contribution in [1.82, 2.24) is 9.97 Å². The van der Waals surface area contributed by atoms with Gasteiger partial charge in [0.25, 0.3) is 0 Å². The molecule has 1 heterocycles. The minimum Gasteiger partial charge on any atom is -0.393 e. The Kier molecular flexibility index (Phi) is 4.90. The highest BCUT2D eigenvalue weighted by molar-refractivity contribution is 5.40. The second-order valence-electron chi connectivity index (χ2n) is 4.99. The van der Waals surface area contributed by atoms with Gasteiger partial charge < -0.3 is 15.7 Å². The maximum absolute atomic E-state index is 13.6. The number of hydrogen-bond donors (Lipinski definition) is 3. The van der Waals surface area contributed by atoms with Gasteiger partial charge in [-0.05, 0) is 32.1 Å². The number of aromatic nitrogens is 2. The quantitative estimate of drug-likeness (QED) is 0.762. The standard InChI is InChI=1S/C13H21FN4O/c1-2-15-13-17-8-11(14)12(18-13)16-7-9-4-3-5-10(19)6-9/h8-10,19H,2-7H2,1H3,(H2,15,16,17,18). The van der Waals surface area contributed by atoms with Crippen molar-refractivity contribution >= 4 is 11.8 Å². The molecule has 0 bridgehead atoms. The molecule has 2 unspecified atom stereocenters. The van der Waals surface area contributed by atoms with Crippen LogP contribution in [-0.2, 0) is 0 Å². The molecule has 0 aromatic carbocycles. The molecule has 106 valence electrons. The van der Waals surface area contributed by atoms with Gasteiger partial charge in [-0.3, -0.25) is 0 Å². The molecule has 3 N–H and O–H groups in total. The molecule has 0 amide bonds. The number of hydrogen-bond acceptors (Lipinski definition) is 5. The summed E-state index contributed by atoms with van der Waals surface area (Å²) in [5.74, 6) is 0.583. The highest BCUT2D eigenvalue weighted by Gasteiger charge is 2.20. The van der Waals surface area contributed by atoms with Crippen LogP contribution in [0, 0.1) is 11.7 Å². The smallest absolute Gasteiger partial charge is 0.224 e. The third-order valence-electron chi connectivity index (χ3n) is 3.39. The van der Waals surface area contributed by atoms with E-state index in [0.29, 0.717) is 25.0 Å². The molecule has 1 aromatic heterocycles. The van der Waals surface area contributed by atoms with Gasteiger partial charge in [-0.2, -0.15) is 4.98 Å². The lowest BCUT2D eigenvalue weighted by Crippen LogP contribution is -2.25.